The normalized spacial score (nSPS) is 12.3. The highest BCUT2D eigenvalue weighted by Crippen LogP contribution is 2.23. The SMILES string of the molecule is C[NH+](Cc1cn(-c2ccccc2)nc1-c1ccccc1)Cn1c(=O)oc2ccccc21. The fourth-order valence-electron chi connectivity index (χ4n) is 3.91. The molecule has 0 bridgehead atoms. The van der Waals surface area contributed by atoms with Crippen LogP contribution in [0.2, 0.25) is 0 Å². The van der Waals surface area contributed by atoms with Crippen molar-refractivity contribution in [2.75, 3.05) is 7.05 Å². The highest BCUT2D eigenvalue weighted by Gasteiger charge is 2.18. The first-order valence-electron chi connectivity index (χ1n) is 10.3. The van der Waals surface area contributed by atoms with Gasteiger partial charge in [0.1, 0.15) is 12.2 Å². The molecular weight excluding hydrogens is 388 g/mol. The zero-order valence-electron chi connectivity index (χ0n) is 17.2. The lowest BCUT2D eigenvalue weighted by atomic mass is 10.1. The lowest BCUT2D eigenvalue weighted by Gasteiger charge is -2.14. The molecule has 2 aromatic heterocycles. The first-order chi connectivity index (χ1) is 15.2. The Hall–Kier alpha value is -3.90. The van der Waals surface area contributed by atoms with Crippen LogP contribution in [-0.2, 0) is 13.2 Å². The van der Waals surface area contributed by atoms with Crippen molar-refractivity contribution in [3.8, 4) is 16.9 Å². The number of hydrogen-bond donors (Lipinski definition) is 1. The van der Waals surface area contributed by atoms with E-state index in [1.165, 1.54) is 0 Å². The quantitative estimate of drug-likeness (QED) is 0.467. The summed E-state index contributed by atoms with van der Waals surface area (Å²) in [5.74, 6) is -0.330. The van der Waals surface area contributed by atoms with Crippen LogP contribution in [0.5, 0.6) is 0 Å². The lowest BCUT2D eigenvalue weighted by Crippen LogP contribution is -3.07. The van der Waals surface area contributed by atoms with E-state index >= 15 is 0 Å². The third kappa shape index (κ3) is 3.81. The molecule has 0 aliphatic carbocycles. The minimum atomic E-state index is -0.330. The van der Waals surface area contributed by atoms with Crippen LogP contribution in [0, 0.1) is 0 Å². The van der Waals surface area contributed by atoms with Crippen molar-refractivity contribution >= 4 is 11.1 Å². The molecule has 0 fully saturated rings. The van der Waals surface area contributed by atoms with Crippen molar-refractivity contribution in [2.24, 2.45) is 0 Å². The number of quaternary nitrogens is 1. The molecule has 1 N–H and O–H groups in total. The molecule has 3 aromatic carbocycles. The number of oxazole rings is 1. The highest BCUT2D eigenvalue weighted by atomic mass is 16.4. The topological polar surface area (TPSA) is 57.4 Å². The van der Waals surface area contributed by atoms with Gasteiger partial charge in [0.2, 0.25) is 0 Å². The summed E-state index contributed by atoms with van der Waals surface area (Å²) in [6.07, 6.45) is 2.08. The fourth-order valence-corrected chi connectivity index (χ4v) is 3.91. The van der Waals surface area contributed by atoms with Crippen molar-refractivity contribution in [2.45, 2.75) is 13.2 Å². The number of para-hydroxylation sites is 3. The molecule has 0 spiro atoms. The second kappa shape index (κ2) is 8.08. The molecule has 154 valence electrons. The van der Waals surface area contributed by atoms with Gasteiger partial charge in [0.25, 0.3) is 0 Å². The number of aromatic nitrogens is 3. The van der Waals surface area contributed by atoms with Crippen molar-refractivity contribution in [1.29, 1.82) is 0 Å². The molecule has 6 nitrogen and oxygen atoms in total. The van der Waals surface area contributed by atoms with E-state index in [9.17, 15) is 4.79 Å². The molecular formula is C25H23N4O2+. The van der Waals surface area contributed by atoms with Crippen LogP contribution >= 0.6 is 0 Å². The summed E-state index contributed by atoms with van der Waals surface area (Å²) < 4.78 is 8.99. The number of rotatable bonds is 6. The van der Waals surface area contributed by atoms with E-state index in [2.05, 4.69) is 25.4 Å². The summed E-state index contributed by atoms with van der Waals surface area (Å²) in [4.78, 5) is 13.5. The maximum Gasteiger partial charge on any atom is 0.424 e. The molecule has 0 aliphatic heterocycles. The molecule has 0 aliphatic rings. The van der Waals surface area contributed by atoms with Crippen LogP contribution < -0.4 is 10.7 Å². The van der Waals surface area contributed by atoms with Crippen LogP contribution in [0.25, 0.3) is 28.0 Å². The Bertz CT molecular complexity index is 1370. The van der Waals surface area contributed by atoms with E-state index in [-0.39, 0.29) is 5.76 Å². The summed E-state index contributed by atoms with van der Waals surface area (Å²) in [6.45, 7) is 1.21. The molecule has 0 amide bonds. The first-order valence-corrected chi connectivity index (χ1v) is 10.3. The molecule has 5 aromatic rings. The van der Waals surface area contributed by atoms with E-state index in [1.807, 2.05) is 77.5 Å². The molecule has 0 saturated heterocycles. The lowest BCUT2D eigenvalue weighted by molar-refractivity contribution is -0.916. The van der Waals surface area contributed by atoms with Crippen molar-refractivity contribution in [3.05, 3.63) is 107 Å². The number of fused-ring (bicyclic) bond motifs is 1. The zero-order chi connectivity index (χ0) is 21.2. The highest BCUT2D eigenvalue weighted by molar-refractivity contribution is 5.72. The zero-order valence-corrected chi connectivity index (χ0v) is 17.2. The Morgan fingerprint density at radius 2 is 1.58 bits per heavy atom. The Kier molecular flexibility index (Phi) is 4.98. The van der Waals surface area contributed by atoms with Gasteiger partial charge in [-0.3, -0.25) is 0 Å². The van der Waals surface area contributed by atoms with Gasteiger partial charge in [-0.1, -0.05) is 60.7 Å². The predicted octanol–water partition coefficient (Wildman–Crippen LogP) is 3.12. The minimum absolute atomic E-state index is 0.330. The Morgan fingerprint density at radius 1 is 0.903 bits per heavy atom. The monoisotopic (exact) mass is 411 g/mol. The Morgan fingerprint density at radius 3 is 2.35 bits per heavy atom. The van der Waals surface area contributed by atoms with Crippen LogP contribution in [0.1, 0.15) is 5.56 Å². The average Bonchev–Trinajstić information content (AvgIpc) is 3.36. The second-order valence-corrected chi connectivity index (χ2v) is 7.70. The molecule has 6 heteroatoms. The second-order valence-electron chi connectivity index (χ2n) is 7.70. The number of hydrogen-bond acceptors (Lipinski definition) is 3. The van der Waals surface area contributed by atoms with E-state index in [0.29, 0.717) is 18.8 Å². The molecule has 0 saturated carbocycles. The van der Waals surface area contributed by atoms with Gasteiger partial charge in [-0.2, -0.15) is 5.10 Å². The van der Waals surface area contributed by atoms with Gasteiger partial charge in [-0.15, -0.1) is 0 Å². The van der Waals surface area contributed by atoms with E-state index in [4.69, 9.17) is 9.52 Å². The Balaban J connectivity index is 1.48. The molecule has 0 radical (unpaired) electrons. The number of nitrogens with zero attached hydrogens (tertiary/aromatic N) is 3. The van der Waals surface area contributed by atoms with Gasteiger partial charge < -0.3 is 9.32 Å². The summed E-state index contributed by atoms with van der Waals surface area (Å²) in [6, 6.07) is 27.8. The van der Waals surface area contributed by atoms with Gasteiger partial charge in [0.15, 0.2) is 12.3 Å². The van der Waals surface area contributed by atoms with Gasteiger partial charge in [-0.25, -0.2) is 14.0 Å². The molecule has 5 rings (SSSR count). The van der Waals surface area contributed by atoms with E-state index in [0.717, 1.165) is 32.9 Å². The predicted molar refractivity (Wildman–Crippen MR) is 120 cm³/mol. The third-order valence-corrected chi connectivity index (χ3v) is 5.35. The molecule has 31 heavy (non-hydrogen) atoms. The maximum absolute atomic E-state index is 12.4. The molecule has 1 atom stereocenters. The average molecular weight is 411 g/mol. The number of benzene rings is 3. The van der Waals surface area contributed by atoms with Gasteiger partial charge in [0, 0.05) is 11.8 Å². The summed E-state index contributed by atoms with van der Waals surface area (Å²) in [7, 11) is 2.07. The Labute approximate surface area is 179 Å². The molecule has 2 heterocycles. The summed E-state index contributed by atoms with van der Waals surface area (Å²) >= 11 is 0. The van der Waals surface area contributed by atoms with Crippen LogP contribution in [0.4, 0.5) is 0 Å². The summed E-state index contributed by atoms with van der Waals surface area (Å²) in [5.41, 5.74) is 5.59. The van der Waals surface area contributed by atoms with Gasteiger partial charge in [-0.05, 0) is 24.3 Å². The van der Waals surface area contributed by atoms with Crippen molar-refractivity contribution in [3.63, 3.8) is 0 Å². The van der Waals surface area contributed by atoms with Crippen LogP contribution in [0.3, 0.4) is 0 Å². The minimum Gasteiger partial charge on any atom is -0.408 e. The smallest absolute Gasteiger partial charge is 0.408 e. The standard InChI is InChI=1S/C25H22N4O2/c1-27(18-28-22-14-8-9-15-23(22)31-25(28)30)16-20-17-29(21-12-6-3-7-13-21)26-24(20)19-10-4-2-5-11-19/h2-15,17H,16,18H2,1H3/p+1. The maximum atomic E-state index is 12.4. The van der Waals surface area contributed by atoms with Crippen LogP contribution in [0.15, 0.2) is 100 Å². The van der Waals surface area contributed by atoms with E-state index < -0.39 is 0 Å². The first kappa shape index (κ1) is 19.1. The van der Waals surface area contributed by atoms with Crippen molar-refractivity contribution < 1.29 is 9.32 Å². The summed E-state index contributed by atoms with van der Waals surface area (Å²) in [5, 5.41) is 4.88. The van der Waals surface area contributed by atoms with Gasteiger partial charge in [0.05, 0.1) is 23.8 Å². The van der Waals surface area contributed by atoms with Crippen molar-refractivity contribution in [1.82, 2.24) is 14.3 Å². The van der Waals surface area contributed by atoms with E-state index in [1.54, 1.807) is 4.57 Å². The van der Waals surface area contributed by atoms with Gasteiger partial charge >= 0.3 is 5.76 Å². The third-order valence-electron chi connectivity index (χ3n) is 5.35. The fraction of sp³-hybridized carbons (Fsp3) is 0.120. The molecule has 1 unspecified atom stereocenters. The largest absolute Gasteiger partial charge is 0.424 e. The van der Waals surface area contributed by atoms with Crippen LogP contribution in [-0.4, -0.2) is 21.4 Å². The number of nitrogens with one attached hydrogen (secondary N) is 1.